The molecule has 2 aromatic heterocycles. The average molecular weight is 327 g/mol. The Labute approximate surface area is 141 Å². The summed E-state index contributed by atoms with van der Waals surface area (Å²) >= 11 is 0. The molecule has 0 radical (unpaired) electrons. The van der Waals surface area contributed by atoms with Gasteiger partial charge in [-0.3, -0.25) is 19.7 Å². The van der Waals surface area contributed by atoms with E-state index in [0.29, 0.717) is 12.3 Å². The number of aliphatic carboxylic acids is 1. The van der Waals surface area contributed by atoms with Crippen molar-refractivity contribution >= 4 is 5.97 Å². The third-order valence-corrected chi connectivity index (χ3v) is 4.24. The Hall–Kier alpha value is -2.47. The third kappa shape index (κ3) is 4.52. The molecule has 0 spiro atoms. The Balaban J connectivity index is 1.65. The van der Waals surface area contributed by atoms with E-state index in [1.165, 1.54) is 0 Å². The van der Waals surface area contributed by atoms with Gasteiger partial charge in [-0.1, -0.05) is 6.07 Å². The minimum Gasteiger partial charge on any atom is -0.488 e. The van der Waals surface area contributed by atoms with Crippen LogP contribution in [0.25, 0.3) is 0 Å². The number of piperidine rings is 1. The number of rotatable bonds is 6. The van der Waals surface area contributed by atoms with Crippen LogP contribution in [0.4, 0.5) is 0 Å². The lowest BCUT2D eigenvalue weighted by atomic mass is 9.91. The smallest absolute Gasteiger partial charge is 0.303 e. The Morgan fingerprint density at radius 2 is 2.04 bits per heavy atom. The number of nitrogens with zero attached hydrogens (tertiary/aromatic N) is 3. The molecule has 0 saturated carbocycles. The van der Waals surface area contributed by atoms with Crippen molar-refractivity contribution in [2.75, 3.05) is 13.1 Å². The van der Waals surface area contributed by atoms with Gasteiger partial charge in [0.25, 0.3) is 0 Å². The quantitative estimate of drug-likeness (QED) is 0.877. The molecular formula is C18H21N3O3. The summed E-state index contributed by atoms with van der Waals surface area (Å²) < 4.78 is 6.00. The molecule has 0 unspecified atom stereocenters. The predicted octanol–water partition coefficient (Wildman–Crippen LogP) is 2.22. The van der Waals surface area contributed by atoms with Gasteiger partial charge in [-0.05, 0) is 30.2 Å². The van der Waals surface area contributed by atoms with Gasteiger partial charge in [-0.25, -0.2) is 0 Å². The van der Waals surface area contributed by atoms with E-state index in [0.717, 1.165) is 25.1 Å². The van der Waals surface area contributed by atoms with Crippen molar-refractivity contribution in [1.82, 2.24) is 14.9 Å². The maximum absolute atomic E-state index is 11.2. The molecule has 0 amide bonds. The van der Waals surface area contributed by atoms with E-state index in [-0.39, 0.29) is 18.4 Å². The second-order valence-corrected chi connectivity index (χ2v) is 6.09. The molecule has 24 heavy (non-hydrogen) atoms. The van der Waals surface area contributed by atoms with Gasteiger partial charge in [-0.2, -0.15) is 0 Å². The molecule has 2 atom stereocenters. The second-order valence-electron chi connectivity index (χ2n) is 6.09. The van der Waals surface area contributed by atoms with Gasteiger partial charge < -0.3 is 9.84 Å². The largest absolute Gasteiger partial charge is 0.488 e. The summed E-state index contributed by atoms with van der Waals surface area (Å²) in [6.07, 6.45) is 7.77. The highest BCUT2D eigenvalue weighted by Gasteiger charge is 2.32. The van der Waals surface area contributed by atoms with Crippen LogP contribution in [0.3, 0.4) is 0 Å². The van der Waals surface area contributed by atoms with Crippen molar-refractivity contribution in [1.29, 1.82) is 0 Å². The molecular weight excluding hydrogens is 306 g/mol. The Bertz CT molecular complexity index is 651. The standard InChI is InChI=1S/C18H21N3O3/c22-18(23)9-15-13-21(12-14-3-1-6-19-10-14)8-5-17(15)24-16-4-2-7-20-11-16/h1-4,6-7,10-11,15,17H,5,8-9,12-13H2,(H,22,23)/t15-,17-/m1/s1. The van der Waals surface area contributed by atoms with Gasteiger partial charge in [0.1, 0.15) is 11.9 Å². The van der Waals surface area contributed by atoms with Crippen molar-refractivity contribution < 1.29 is 14.6 Å². The van der Waals surface area contributed by atoms with Crippen molar-refractivity contribution in [2.24, 2.45) is 5.92 Å². The number of aromatic nitrogens is 2. The molecule has 1 saturated heterocycles. The van der Waals surface area contributed by atoms with E-state index in [4.69, 9.17) is 4.74 Å². The highest BCUT2D eigenvalue weighted by molar-refractivity contribution is 5.67. The van der Waals surface area contributed by atoms with Crippen molar-refractivity contribution in [3.05, 3.63) is 54.6 Å². The monoisotopic (exact) mass is 327 g/mol. The van der Waals surface area contributed by atoms with Gasteiger partial charge in [-0.15, -0.1) is 0 Å². The topological polar surface area (TPSA) is 75.5 Å². The average Bonchev–Trinajstić information content (AvgIpc) is 2.59. The number of likely N-dealkylation sites (tertiary alicyclic amines) is 1. The van der Waals surface area contributed by atoms with Crippen molar-refractivity contribution in [3.8, 4) is 5.75 Å². The van der Waals surface area contributed by atoms with Crippen LogP contribution >= 0.6 is 0 Å². The van der Waals surface area contributed by atoms with E-state index in [2.05, 4.69) is 14.9 Å². The molecule has 1 N–H and O–H groups in total. The molecule has 2 aromatic rings. The van der Waals surface area contributed by atoms with Crippen LogP contribution in [0.2, 0.25) is 0 Å². The van der Waals surface area contributed by atoms with Crippen LogP contribution in [0.1, 0.15) is 18.4 Å². The minimum atomic E-state index is -0.789. The molecule has 3 heterocycles. The minimum absolute atomic E-state index is 0.0480. The number of hydrogen-bond acceptors (Lipinski definition) is 5. The first-order chi connectivity index (χ1) is 11.7. The van der Waals surface area contributed by atoms with E-state index >= 15 is 0 Å². The number of carboxylic acid groups (broad SMARTS) is 1. The van der Waals surface area contributed by atoms with E-state index < -0.39 is 5.97 Å². The van der Waals surface area contributed by atoms with E-state index in [1.54, 1.807) is 18.6 Å². The Morgan fingerprint density at radius 1 is 1.25 bits per heavy atom. The summed E-state index contributed by atoms with van der Waals surface area (Å²) in [4.78, 5) is 21.7. The lowest BCUT2D eigenvalue weighted by Gasteiger charge is -2.38. The first-order valence-corrected chi connectivity index (χ1v) is 8.10. The lowest BCUT2D eigenvalue weighted by Crippen LogP contribution is -2.46. The number of carbonyl (C=O) groups is 1. The highest BCUT2D eigenvalue weighted by atomic mass is 16.5. The van der Waals surface area contributed by atoms with Crippen LogP contribution in [0, 0.1) is 5.92 Å². The number of pyridine rings is 2. The highest BCUT2D eigenvalue weighted by Crippen LogP contribution is 2.26. The van der Waals surface area contributed by atoms with Crippen LogP contribution in [-0.2, 0) is 11.3 Å². The molecule has 126 valence electrons. The number of carboxylic acids is 1. The van der Waals surface area contributed by atoms with Crippen LogP contribution in [0.5, 0.6) is 5.75 Å². The molecule has 0 bridgehead atoms. The Morgan fingerprint density at radius 3 is 2.71 bits per heavy atom. The zero-order valence-corrected chi connectivity index (χ0v) is 13.4. The lowest BCUT2D eigenvalue weighted by molar-refractivity contribution is -0.139. The SMILES string of the molecule is O=C(O)C[C@@H]1CN(Cc2cccnc2)CC[C@H]1Oc1cccnc1. The fourth-order valence-corrected chi connectivity index (χ4v) is 3.15. The molecule has 1 aliphatic rings. The second kappa shape index (κ2) is 7.88. The fraction of sp³-hybridized carbons (Fsp3) is 0.389. The summed E-state index contributed by atoms with van der Waals surface area (Å²) in [6, 6.07) is 7.63. The summed E-state index contributed by atoms with van der Waals surface area (Å²) in [7, 11) is 0. The molecule has 0 aromatic carbocycles. The normalized spacial score (nSPS) is 21.3. The van der Waals surface area contributed by atoms with Crippen molar-refractivity contribution in [3.63, 3.8) is 0 Å². The molecule has 1 aliphatic heterocycles. The number of ether oxygens (including phenoxy) is 1. The first-order valence-electron chi connectivity index (χ1n) is 8.10. The van der Waals surface area contributed by atoms with Gasteiger partial charge >= 0.3 is 5.97 Å². The predicted molar refractivity (Wildman–Crippen MR) is 88.5 cm³/mol. The van der Waals surface area contributed by atoms with Crippen LogP contribution in [0.15, 0.2) is 49.1 Å². The number of hydrogen-bond donors (Lipinski definition) is 1. The van der Waals surface area contributed by atoms with Gasteiger partial charge in [0.15, 0.2) is 0 Å². The summed E-state index contributed by atoms with van der Waals surface area (Å²) in [5, 5.41) is 9.23. The van der Waals surface area contributed by atoms with Gasteiger partial charge in [0.05, 0.1) is 12.6 Å². The van der Waals surface area contributed by atoms with E-state index in [1.807, 2.05) is 30.5 Å². The van der Waals surface area contributed by atoms with Crippen LogP contribution < -0.4 is 4.74 Å². The molecule has 3 rings (SSSR count). The molecule has 6 nitrogen and oxygen atoms in total. The maximum atomic E-state index is 11.2. The molecule has 0 aliphatic carbocycles. The third-order valence-electron chi connectivity index (χ3n) is 4.24. The van der Waals surface area contributed by atoms with Crippen LogP contribution in [-0.4, -0.2) is 45.1 Å². The summed E-state index contributed by atoms with van der Waals surface area (Å²) in [5.74, 6) is -0.144. The van der Waals surface area contributed by atoms with E-state index in [9.17, 15) is 9.90 Å². The summed E-state index contributed by atoms with van der Waals surface area (Å²) in [6.45, 7) is 2.35. The summed E-state index contributed by atoms with van der Waals surface area (Å²) in [5.41, 5.74) is 1.14. The van der Waals surface area contributed by atoms with Gasteiger partial charge in [0, 0.05) is 44.1 Å². The van der Waals surface area contributed by atoms with Crippen molar-refractivity contribution in [2.45, 2.75) is 25.5 Å². The zero-order chi connectivity index (χ0) is 16.8. The maximum Gasteiger partial charge on any atom is 0.303 e. The van der Waals surface area contributed by atoms with Gasteiger partial charge in [0.2, 0.25) is 0 Å². The fourth-order valence-electron chi connectivity index (χ4n) is 3.15. The first kappa shape index (κ1) is 16.4. The molecule has 6 heteroatoms. The Kier molecular flexibility index (Phi) is 5.38. The molecule has 1 fully saturated rings. The zero-order valence-electron chi connectivity index (χ0n) is 13.4.